The lowest BCUT2D eigenvalue weighted by atomic mass is 9.90. The van der Waals surface area contributed by atoms with Gasteiger partial charge in [-0.15, -0.1) is 0 Å². The van der Waals surface area contributed by atoms with Crippen LogP contribution in [-0.2, 0) is 0 Å². The van der Waals surface area contributed by atoms with Crippen molar-refractivity contribution in [3.63, 3.8) is 0 Å². The largest absolute Gasteiger partial charge is 0.328 e. The summed E-state index contributed by atoms with van der Waals surface area (Å²) >= 11 is 0. The average molecular weight is 348 g/mol. The van der Waals surface area contributed by atoms with E-state index in [-0.39, 0.29) is 6.03 Å². The molecule has 3 rings (SSSR count). The molecular formula is C20H25BN4O. The topological polar surface area (TPSA) is 61.0 Å². The molecule has 0 aliphatic heterocycles. The molecule has 1 heterocycles. The predicted octanol–water partition coefficient (Wildman–Crippen LogP) is 3.14. The van der Waals surface area contributed by atoms with Crippen molar-refractivity contribution in [2.45, 2.75) is 26.2 Å². The predicted molar refractivity (Wildman–Crippen MR) is 111 cm³/mol. The van der Waals surface area contributed by atoms with Gasteiger partial charge in [0.15, 0.2) is 0 Å². The van der Waals surface area contributed by atoms with E-state index in [0.29, 0.717) is 5.95 Å². The van der Waals surface area contributed by atoms with Crippen molar-refractivity contribution in [1.82, 2.24) is 14.9 Å². The van der Waals surface area contributed by atoms with Gasteiger partial charge in [0, 0.05) is 13.6 Å². The number of nitrogens with one attached hydrogen (secondary N) is 2. The smallest absolute Gasteiger partial charge is 0.323 e. The van der Waals surface area contributed by atoms with Crippen molar-refractivity contribution in [1.29, 1.82) is 0 Å². The molecule has 2 N–H and O–H groups in total. The van der Waals surface area contributed by atoms with Crippen molar-refractivity contribution >= 4 is 36.3 Å². The third-order valence-electron chi connectivity index (χ3n) is 4.57. The number of urea groups is 1. The molecule has 2 aromatic carbocycles. The molecule has 0 unspecified atom stereocenters. The van der Waals surface area contributed by atoms with Crippen molar-refractivity contribution in [2.24, 2.45) is 0 Å². The summed E-state index contributed by atoms with van der Waals surface area (Å²) in [6, 6.07) is 14.3. The highest BCUT2D eigenvalue weighted by Gasteiger charge is 2.13. The summed E-state index contributed by atoms with van der Waals surface area (Å²) in [5, 5.41) is 2.86. The van der Waals surface area contributed by atoms with Crippen LogP contribution in [0.3, 0.4) is 0 Å². The fourth-order valence-corrected chi connectivity index (χ4v) is 3.04. The number of carbonyl (C=O) groups is 1. The number of imidazole rings is 1. The standard InChI is InChI=1S/C20H25BN4O/c1-3-4-8-11-25(2)20(26)24-19-22-17-13-15(12-16(21)18(17)23-19)14-9-6-5-7-10-14/h5-7,9-10,12-13H,3-4,8,11,21H2,1-2H3,(H2,22,23,24,26). The number of benzene rings is 2. The van der Waals surface area contributed by atoms with Gasteiger partial charge in [-0.2, -0.15) is 0 Å². The maximum absolute atomic E-state index is 12.3. The lowest BCUT2D eigenvalue weighted by molar-refractivity contribution is 0.221. The minimum atomic E-state index is -0.138. The van der Waals surface area contributed by atoms with Crippen molar-refractivity contribution in [3.8, 4) is 11.1 Å². The van der Waals surface area contributed by atoms with E-state index >= 15 is 0 Å². The van der Waals surface area contributed by atoms with Crippen LogP contribution in [0.2, 0.25) is 0 Å². The first-order chi connectivity index (χ1) is 12.6. The van der Waals surface area contributed by atoms with Gasteiger partial charge in [0.05, 0.1) is 11.0 Å². The third-order valence-corrected chi connectivity index (χ3v) is 4.57. The van der Waals surface area contributed by atoms with E-state index in [2.05, 4.69) is 54.3 Å². The quantitative estimate of drug-likeness (QED) is 0.531. The van der Waals surface area contributed by atoms with Gasteiger partial charge < -0.3 is 9.88 Å². The monoisotopic (exact) mass is 348 g/mol. The number of amides is 2. The maximum atomic E-state index is 12.3. The van der Waals surface area contributed by atoms with Crippen molar-refractivity contribution in [3.05, 3.63) is 42.5 Å². The van der Waals surface area contributed by atoms with Gasteiger partial charge in [-0.25, -0.2) is 9.78 Å². The Balaban J connectivity index is 1.79. The molecule has 5 nitrogen and oxygen atoms in total. The van der Waals surface area contributed by atoms with Crippen molar-refractivity contribution in [2.75, 3.05) is 18.9 Å². The maximum Gasteiger partial charge on any atom is 0.323 e. The molecular weight excluding hydrogens is 323 g/mol. The lowest BCUT2D eigenvalue weighted by Gasteiger charge is -2.16. The Bertz CT molecular complexity index is 891. The van der Waals surface area contributed by atoms with E-state index in [1.165, 1.54) is 0 Å². The van der Waals surface area contributed by atoms with Crippen LogP contribution in [0.1, 0.15) is 26.2 Å². The Morgan fingerprint density at radius 2 is 1.96 bits per heavy atom. The highest BCUT2D eigenvalue weighted by Crippen LogP contribution is 2.22. The molecule has 0 saturated heterocycles. The minimum absolute atomic E-state index is 0.138. The number of anilines is 1. The zero-order chi connectivity index (χ0) is 18.5. The SMILES string of the molecule is Bc1cc(-c2ccccc2)cc2nc(NC(=O)N(C)CCCCC)[nH]c12. The number of rotatable bonds is 6. The van der Waals surface area contributed by atoms with Gasteiger partial charge in [-0.05, 0) is 23.6 Å². The summed E-state index contributed by atoms with van der Waals surface area (Å²) in [6.07, 6.45) is 3.28. The summed E-state index contributed by atoms with van der Waals surface area (Å²) in [7, 11) is 3.86. The molecule has 0 aliphatic rings. The lowest BCUT2D eigenvalue weighted by Crippen LogP contribution is -2.32. The molecule has 6 heteroatoms. The summed E-state index contributed by atoms with van der Waals surface area (Å²) in [4.78, 5) is 21.8. The van der Waals surface area contributed by atoms with E-state index in [1.54, 1.807) is 4.90 Å². The molecule has 0 bridgehead atoms. The molecule has 0 spiro atoms. The first kappa shape index (κ1) is 18.0. The third kappa shape index (κ3) is 4.07. The molecule has 0 radical (unpaired) electrons. The molecule has 0 aliphatic carbocycles. The van der Waals surface area contributed by atoms with Crippen molar-refractivity contribution < 1.29 is 4.79 Å². The number of aromatic nitrogens is 2. The zero-order valence-electron chi connectivity index (χ0n) is 15.7. The van der Waals surface area contributed by atoms with Gasteiger partial charge in [-0.3, -0.25) is 5.32 Å². The molecule has 134 valence electrons. The molecule has 2 amide bonds. The number of fused-ring (bicyclic) bond motifs is 1. The van der Waals surface area contributed by atoms with E-state index in [4.69, 9.17) is 0 Å². The summed E-state index contributed by atoms with van der Waals surface area (Å²) < 4.78 is 0. The van der Waals surface area contributed by atoms with Crippen LogP contribution in [-0.4, -0.2) is 42.3 Å². The normalized spacial score (nSPS) is 10.8. The molecule has 0 saturated carbocycles. The molecule has 1 aromatic heterocycles. The highest BCUT2D eigenvalue weighted by atomic mass is 16.2. The summed E-state index contributed by atoms with van der Waals surface area (Å²) in [5.41, 5.74) is 5.19. The number of unbranched alkanes of at least 4 members (excludes halogenated alkanes) is 2. The molecule has 26 heavy (non-hydrogen) atoms. The van der Waals surface area contributed by atoms with Crippen LogP contribution in [0.4, 0.5) is 10.7 Å². The number of H-pyrrole nitrogens is 1. The minimum Gasteiger partial charge on any atom is -0.328 e. The Morgan fingerprint density at radius 3 is 2.69 bits per heavy atom. The van der Waals surface area contributed by atoms with Crippen LogP contribution >= 0.6 is 0 Å². The van der Waals surface area contributed by atoms with Gasteiger partial charge >= 0.3 is 6.03 Å². The highest BCUT2D eigenvalue weighted by molar-refractivity contribution is 6.38. The Morgan fingerprint density at radius 1 is 1.19 bits per heavy atom. The van der Waals surface area contributed by atoms with Gasteiger partial charge in [0.25, 0.3) is 0 Å². The number of aromatic amines is 1. The Kier molecular flexibility index (Phi) is 5.61. The Labute approximate surface area is 155 Å². The summed E-state index contributed by atoms with van der Waals surface area (Å²) in [6.45, 7) is 2.90. The number of hydrogen-bond acceptors (Lipinski definition) is 2. The van der Waals surface area contributed by atoms with E-state index in [9.17, 15) is 4.79 Å². The second kappa shape index (κ2) is 8.08. The average Bonchev–Trinajstić information content (AvgIpc) is 3.05. The molecule has 0 fully saturated rings. The van der Waals surface area contributed by atoms with Crippen LogP contribution in [0.15, 0.2) is 42.5 Å². The number of hydrogen-bond donors (Lipinski definition) is 2. The zero-order valence-corrected chi connectivity index (χ0v) is 15.7. The van der Waals surface area contributed by atoms with Gasteiger partial charge in [-0.1, -0.05) is 61.6 Å². The van der Waals surface area contributed by atoms with Gasteiger partial charge in [0.1, 0.15) is 7.85 Å². The van der Waals surface area contributed by atoms with Crippen LogP contribution in [0.5, 0.6) is 0 Å². The summed E-state index contributed by atoms with van der Waals surface area (Å²) in [5.74, 6) is 0.487. The number of carbonyl (C=O) groups excluding carboxylic acids is 1. The first-order valence-electron chi connectivity index (χ1n) is 9.16. The fourth-order valence-electron chi connectivity index (χ4n) is 3.04. The van der Waals surface area contributed by atoms with Gasteiger partial charge in [0.2, 0.25) is 5.95 Å². The van der Waals surface area contributed by atoms with Crippen LogP contribution in [0.25, 0.3) is 22.2 Å². The molecule has 0 atom stereocenters. The van der Waals surface area contributed by atoms with E-state index < -0.39 is 0 Å². The number of nitrogens with zero attached hydrogens (tertiary/aromatic N) is 2. The fraction of sp³-hybridized carbons (Fsp3) is 0.300. The first-order valence-corrected chi connectivity index (χ1v) is 9.16. The second-order valence-electron chi connectivity index (χ2n) is 6.70. The molecule has 3 aromatic rings. The second-order valence-corrected chi connectivity index (χ2v) is 6.70. The van der Waals surface area contributed by atoms with E-state index in [0.717, 1.165) is 53.4 Å². The van der Waals surface area contributed by atoms with Crippen LogP contribution in [0, 0.1) is 0 Å². The van der Waals surface area contributed by atoms with Crippen LogP contribution < -0.4 is 10.8 Å². The Hall–Kier alpha value is -2.76. The van der Waals surface area contributed by atoms with E-state index in [1.807, 2.05) is 25.2 Å².